The van der Waals surface area contributed by atoms with Crippen LogP contribution in [0.15, 0.2) is 35.5 Å². The van der Waals surface area contributed by atoms with Gasteiger partial charge in [-0.3, -0.25) is 4.79 Å². The molecule has 0 spiro atoms. The van der Waals surface area contributed by atoms with Gasteiger partial charge in [-0.2, -0.15) is 0 Å². The Morgan fingerprint density at radius 3 is 2.67 bits per heavy atom. The normalized spacial score (nSPS) is 15.2. The summed E-state index contributed by atoms with van der Waals surface area (Å²) in [5, 5.41) is 9.20. The van der Waals surface area contributed by atoms with Crippen LogP contribution in [0, 0.1) is 0 Å². The number of carbonyl (C=O) groups excluding carboxylic acids is 1. The zero-order chi connectivity index (χ0) is 16.9. The second kappa shape index (κ2) is 7.83. The molecule has 128 valence electrons. The van der Waals surface area contributed by atoms with E-state index in [-0.39, 0.29) is 11.2 Å². The lowest BCUT2D eigenvalue weighted by Gasteiger charge is -2.15. The Balaban J connectivity index is 1.79. The lowest BCUT2D eigenvalue weighted by atomic mass is 10.1. The van der Waals surface area contributed by atoms with E-state index in [9.17, 15) is 4.79 Å². The van der Waals surface area contributed by atoms with E-state index in [2.05, 4.69) is 21.7 Å². The van der Waals surface area contributed by atoms with Crippen LogP contribution >= 0.6 is 11.8 Å². The van der Waals surface area contributed by atoms with Gasteiger partial charge in [0.15, 0.2) is 5.16 Å². The number of carbonyl (C=O) groups is 1. The molecular weight excluding hydrogens is 322 g/mol. The standard InChI is InChI=1S/C18H23N3O2S/c1-3-21-16(14-10-11-14)19-20-18(21)24-15(17(22)23-4-2)12-13-8-6-5-7-9-13/h5-9,14-15H,3-4,10-12H2,1-2H3/t15-/m1/s1. The Morgan fingerprint density at radius 2 is 2.04 bits per heavy atom. The zero-order valence-corrected chi connectivity index (χ0v) is 15.0. The lowest BCUT2D eigenvalue weighted by molar-refractivity contribution is -0.142. The minimum absolute atomic E-state index is 0.190. The van der Waals surface area contributed by atoms with E-state index in [0.717, 1.165) is 23.1 Å². The summed E-state index contributed by atoms with van der Waals surface area (Å²) in [6.45, 7) is 5.14. The molecule has 0 bridgehead atoms. The van der Waals surface area contributed by atoms with E-state index in [1.54, 1.807) is 0 Å². The first-order chi connectivity index (χ1) is 11.7. The van der Waals surface area contributed by atoms with Crippen LogP contribution in [0.2, 0.25) is 0 Å². The van der Waals surface area contributed by atoms with Crippen molar-refractivity contribution < 1.29 is 9.53 Å². The number of hydrogen-bond donors (Lipinski definition) is 0. The fourth-order valence-electron chi connectivity index (χ4n) is 2.69. The first-order valence-electron chi connectivity index (χ1n) is 8.53. The Hall–Kier alpha value is -1.82. The highest BCUT2D eigenvalue weighted by Gasteiger charge is 2.31. The molecule has 0 amide bonds. The molecule has 1 heterocycles. The monoisotopic (exact) mass is 345 g/mol. The van der Waals surface area contributed by atoms with E-state index < -0.39 is 0 Å². The quantitative estimate of drug-likeness (QED) is 0.542. The smallest absolute Gasteiger partial charge is 0.319 e. The van der Waals surface area contributed by atoms with Crippen LogP contribution in [-0.2, 0) is 22.5 Å². The molecule has 1 saturated carbocycles. The third-order valence-electron chi connectivity index (χ3n) is 4.07. The fraction of sp³-hybridized carbons (Fsp3) is 0.500. The van der Waals surface area contributed by atoms with Gasteiger partial charge in [-0.1, -0.05) is 42.1 Å². The summed E-state index contributed by atoms with van der Waals surface area (Å²) < 4.78 is 7.41. The Morgan fingerprint density at radius 1 is 1.29 bits per heavy atom. The molecule has 1 fully saturated rings. The van der Waals surface area contributed by atoms with Gasteiger partial charge in [-0.15, -0.1) is 10.2 Å². The molecule has 3 rings (SSSR count). The van der Waals surface area contributed by atoms with Crippen molar-refractivity contribution in [2.24, 2.45) is 0 Å². The number of ether oxygens (including phenoxy) is 1. The van der Waals surface area contributed by atoms with Crippen molar-refractivity contribution >= 4 is 17.7 Å². The van der Waals surface area contributed by atoms with Gasteiger partial charge in [0.25, 0.3) is 0 Å². The summed E-state index contributed by atoms with van der Waals surface area (Å²) in [6, 6.07) is 10.0. The van der Waals surface area contributed by atoms with Crippen molar-refractivity contribution in [3.63, 3.8) is 0 Å². The summed E-state index contributed by atoms with van der Waals surface area (Å²) in [7, 11) is 0. The van der Waals surface area contributed by atoms with Gasteiger partial charge >= 0.3 is 5.97 Å². The average Bonchev–Trinajstić information content (AvgIpc) is 3.36. The molecular formula is C18H23N3O2S. The molecule has 2 aromatic rings. The molecule has 0 aliphatic heterocycles. The summed E-state index contributed by atoms with van der Waals surface area (Å²) in [5.74, 6) is 1.41. The van der Waals surface area contributed by atoms with E-state index in [4.69, 9.17) is 4.74 Å². The highest BCUT2D eigenvalue weighted by molar-refractivity contribution is 8.00. The Labute approximate surface area is 146 Å². The molecule has 1 aliphatic carbocycles. The maximum atomic E-state index is 12.4. The third kappa shape index (κ3) is 3.98. The average molecular weight is 345 g/mol. The summed E-state index contributed by atoms with van der Waals surface area (Å²) >= 11 is 1.46. The molecule has 0 N–H and O–H groups in total. The molecule has 5 nitrogen and oxygen atoms in total. The van der Waals surface area contributed by atoms with Crippen molar-refractivity contribution in [2.75, 3.05) is 6.61 Å². The Kier molecular flexibility index (Phi) is 5.56. The fourth-order valence-corrected chi connectivity index (χ4v) is 3.82. The summed E-state index contributed by atoms with van der Waals surface area (Å²) in [4.78, 5) is 12.4. The number of esters is 1. The second-order valence-corrected chi connectivity index (χ2v) is 7.08. The van der Waals surface area contributed by atoms with Gasteiger partial charge in [-0.25, -0.2) is 0 Å². The number of hydrogen-bond acceptors (Lipinski definition) is 5. The predicted molar refractivity (Wildman–Crippen MR) is 94.1 cm³/mol. The molecule has 0 radical (unpaired) electrons. The van der Waals surface area contributed by atoms with E-state index in [1.807, 2.05) is 37.3 Å². The highest BCUT2D eigenvalue weighted by Crippen LogP contribution is 2.40. The zero-order valence-electron chi connectivity index (χ0n) is 14.1. The number of rotatable bonds is 8. The van der Waals surface area contributed by atoms with Crippen molar-refractivity contribution in [3.05, 3.63) is 41.7 Å². The van der Waals surface area contributed by atoms with Gasteiger partial charge in [0, 0.05) is 12.5 Å². The van der Waals surface area contributed by atoms with Gasteiger partial charge in [0.05, 0.1) is 6.61 Å². The molecule has 1 aromatic heterocycles. The maximum Gasteiger partial charge on any atom is 0.319 e. The number of benzene rings is 1. The Bertz CT molecular complexity index is 683. The number of aromatic nitrogens is 3. The minimum atomic E-state index is -0.311. The van der Waals surface area contributed by atoms with Crippen LogP contribution in [-0.4, -0.2) is 32.6 Å². The molecule has 6 heteroatoms. The van der Waals surface area contributed by atoms with Crippen LogP contribution in [0.4, 0.5) is 0 Å². The summed E-state index contributed by atoms with van der Waals surface area (Å²) in [6.07, 6.45) is 3.00. The number of thioether (sulfide) groups is 1. The first kappa shape index (κ1) is 17.0. The van der Waals surface area contributed by atoms with Crippen molar-refractivity contribution in [1.82, 2.24) is 14.8 Å². The molecule has 0 unspecified atom stereocenters. The summed E-state index contributed by atoms with van der Waals surface area (Å²) in [5.41, 5.74) is 1.12. The van der Waals surface area contributed by atoms with Gasteiger partial charge in [-0.05, 0) is 38.7 Å². The largest absolute Gasteiger partial charge is 0.465 e. The van der Waals surface area contributed by atoms with Gasteiger partial charge in [0.1, 0.15) is 11.1 Å². The van der Waals surface area contributed by atoms with Crippen molar-refractivity contribution in [1.29, 1.82) is 0 Å². The van der Waals surface area contributed by atoms with Gasteiger partial charge in [0.2, 0.25) is 0 Å². The second-order valence-electron chi connectivity index (χ2n) is 5.91. The minimum Gasteiger partial charge on any atom is -0.465 e. The van der Waals surface area contributed by atoms with Gasteiger partial charge < -0.3 is 9.30 Å². The highest BCUT2D eigenvalue weighted by atomic mass is 32.2. The van der Waals surface area contributed by atoms with Crippen LogP contribution < -0.4 is 0 Å². The lowest BCUT2D eigenvalue weighted by Crippen LogP contribution is -2.23. The molecule has 1 aromatic carbocycles. The van der Waals surface area contributed by atoms with E-state index >= 15 is 0 Å². The van der Waals surface area contributed by atoms with Crippen LogP contribution in [0.3, 0.4) is 0 Å². The molecule has 1 atom stereocenters. The van der Waals surface area contributed by atoms with Crippen molar-refractivity contribution in [2.45, 2.75) is 56.0 Å². The SMILES string of the molecule is CCOC(=O)[C@@H](Cc1ccccc1)Sc1nnc(C2CC2)n1CC. The van der Waals surface area contributed by atoms with Crippen LogP contribution in [0.25, 0.3) is 0 Å². The predicted octanol–water partition coefficient (Wildman–Crippen LogP) is 3.44. The van der Waals surface area contributed by atoms with Crippen LogP contribution in [0.1, 0.15) is 44.0 Å². The van der Waals surface area contributed by atoms with E-state index in [0.29, 0.717) is 18.9 Å². The molecule has 24 heavy (non-hydrogen) atoms. The molecule has 1 aliphatic rings. The third-order valence-corrected chi connectivity index (χ3v) is 5.22. The number of nitrogens with zero attached hydrogens (tertiary/aromatic N) is 3. The first-order valence-corrected chi connectivity index (χ1v) is 9.41. The molecule has 0 saturated heterocycles. The van der Waals surface area contributed by atoms with Crippen LogP contribution in [0.5, 0.6) is 0 Å². The maximum absolute atomic E-state index is 12.4. The van der Waals surface area contributed by atoms with E-state index in [1.165, 1.54) is 24.6 Å². The van der Waals surface area contributed by atoms with Crippen molar-refractivity contribution in [3.8, 4) is 0 Å². The topological polar surface area (TPSA) is 57.0 Å².